The Labute approximate surface area is 73.0 Å². The lowest BCUT2D eigenvalue weighted by atomic mass is 10.0. The van der Waals surface area contributed by atoms with Gasteiger partial charge in [0.15, 0.2) is 0 Å². The number of halogens is 2. The fourth-order valence-electron chi connectivity index (χ4n) is 1.01. The number of allylic oxidation sites excluding steroid dienone is 2. The van der Waals surface area contributed by atoms with Gasteiger partial charge in [-0.1, -0.05) is 43.5 Å². The van der Waals surface area contributed by atoms with Crippen LogP contribution in [0, 0.1) is 0 Å². The van der Waals surface area contributed by atoms with Crippen LogP contribution < -0.4 is 0 Å². The number of alkyl halides is 2. The molecule has 2 unspecified atom stereocenters. The SMILES string of the molecule is CC1=CC(Br)CCC1Br. The van der Waals surface area contributed by atoms with Crippen molar-refractivity contribution in [2.24, 2.45) is 0 Å². The van der Waals surface area contributed by atoms with Crippen molar-refractivity contribution in [1.29, 1.82) is 0 Å². The highest BCUT2D eigenvalue weighted by atomic mass is 79.9. The van der Waals surface area contributed by atoms with Crippen LogP contribution in [-0.4, -0.2) is 9.65 Å². The Kier molecular flexibility index (Phi) is 2.77. The van der Waals surface area contributed by atoms with E-state index in [-0.39, 0.29) is 0 Å². The maximum absolute atomic E-state index is 3.59. The van der Waals surface area contributed by atoms with E-state index in [4.69, 9.17) is 0 Å². The van der Waals surface area contributed by atoms with Crippen molar-refractivity contribution in [3.8, 4) is 0 Å². The van der Waals surface area contributed by atoms with E-state index in [9.17, 15) is 0 Å². The van der Waals surface area contributed by atoms with Crippen molar-refractivity contribution in [3.05, 3.63) is 11.6 Å². The van der Waals surface area contributed by atoms with E-state index in [2.05, 4.69) is 44.9 Å². The summed E-state index contributed by atoms with van der Waals surface area (Å²) in [7, 11) is 0. The quantitative estimate of drug-likeness (QED) is 0.459. The molecular weight excluding hydrogens is 244 g/mol. The van der Waals surface area contributed by atoms with Crippen LogP contribution in [0.25, 0.3) is 0 Å². The minimum absolute atomic E-state index is 0.617. The molecule has 0 nitrogen and oxygen atoms in total. The molecule has 1 aliphatic carbocycles. The molecule has 0 aromatic carbocycles. The Morgan fingerprint density at radius 2 is 2.11 bits per heavy atom. The monoisotopic (exact) mass is 252 g/mol. The second-order valence-electron chi connectivity index (χ2n) is 2.47. The van der Waals surface area contributed by atoms with Crippen molar-refractivity contribution in [3.63, 3.8) is 0 Å². The molecule has 2 heteroatoms. The first kappa shape index (κ1) is 7.80. The molecule has 0 heterocycles. The molecule has 0 amide bonds. The lowest BCUT2D eigenvalue weighted by Crippen LogP contribution is -2.11. The van der Waals surface area contributed by atoms with Crippen molar-refractivity contribution in [2.75, 3.05) is 0 Å². The lowest BCUT2D eigenvalue weighted by molar-refractivity contribution is 0.737. The van der Waals surface area contributed by atoms with Crippen molar-refractivity contribution < 1.29 is 0 Å². The summed E-state index contributed by atoms with van der Waals surface area (Å²) in [6.07, 6.45) is 4.80. The summed E-state index contributed by atoms with van der Waals surface area (Å²) in [4.78, 5) is 1.25. The molecule has 0 saturated carbocycles. The van der Waals surface area contributed by atoms with Crippen LogP contribution in [0.3, 0.4) is 0 Å². The summed E-state index contributed by atoms with van der Waals surface area (Å²) in [6, 6.07) is 0. The van der Waals surface area contributed by atoms with Crippen molar-refractivity contribution in [2.45, 2.75) is 29.4 Å². The normalized spacial score (nSPS) is 36.1. The molecule has 0 radical (unpaired) electrons. The van der Waals surface area contributed by atoms with Crippen molar-refractivity contribution >= 4 is 31.9 Å². The second-order valence-corrected chi connectivity index (χ2v) is 4.75. The van der Waals surface area contributed by atoms with Gasteiger partial charge in [0.1, 0.15) is 0 Å². The maximum atomic E-state index is 3.59. The third-order valence-electron chi connectivity index (χ3n) is 1.63. The summed E-state index contributed by atoms with van der Waals surface area (Å²) < 4.78 is 0. The maximum Gasteiger partial charge on any atom is 0.0352 e. The molecule has 0 aliphatic heterocycles. The predicted octanol–water partition coefficient (Wildman–Crippen LogP) is 3.25. The van der Waals surface area contributed by atoms with Gasteiger partial charge in [-0.3, -0.25) is 0 Å². The van der Waals surface area contributed by atoms with Crippen LogP contribution in [-0.2, 0) is 0 Å². The van der Waals surface area contributed by atoms with Crippen LogP contribution in [0.15, 0.2) is 11.6 Å². The Bertz CT molecular complexity index is 129. The summed E-state index contributed by atoms with van der Waals surface area (Å²) in [5.41, 5.74) is 1.46. The molecule has 1 aliphatic rings. The lowest BCUT2D eigenvalue weighted by Gasteiger charge is -2.18. The van der Waals surface area contributed by atoms with Gasteiger partial charge < -0.3 is 0 Å². The van der Waals surface area contributed by atoms with E-state index in [1.807, 2.05) is 0 Å². The zero-order valence-corrected chi connectivity index (χ0v) is 8.57. The summed E-state index contributed by atoms with van der Waals surface area (Å²) in [6.45, 7) is 2.17. The highest BCUT2D eigenvalue weighted by molar-refractivity contribution is 9.10. The van der Waals surface area contributed by atoms with Gasteiger partial charge in [-0.05, 0) is 19.8 Å². The molecule has 52 valence electrons. The first-order valence-corrected chi connectivity index (χ1v) is 4.99. The van der Waals surface area contributed by atoms with Crippen LogP contribution in [0.2, 0.25) is 0 Å². The molecule has 1 rings (SSSR count). The molecule has 0 aromatic heterocycles. The molecule has 0 spiro atoms. The minimum atomic E-state index is 0.617. The highest BCUT2D eigenvalue weighted by Gasteiger charge is 2.14. The summed E-state index contributed by atoms with van der Waals surface area (Å²) in [5, 5.41) is 0. The largest absolute Gasteiger partial charge is 0.0845 e. The second kappa shape index (κ2) is 3.20. The Morgan fingerprint density at radius 1 is 1.44 bits per heavy atom. The smallest absolute Gasteiger partial charge is 0.0352 e. The van der Waals surface area contributed by atoms with E-state index in [1.54, 1.807) is 0 Å². The van der Waals surface area contributed by atoms with Gasteiger partial charge in [0, 0.05) is 9.65 Å². The highest BCUT2D eigenvalue weighted by Crippen LogP contribution is 2.27. The predicted molar refractivity (Wildman–Crippen MR) is 48.4 cm³/mol. The molecule has 0 N–H and O–H groups in total. The van der Waals surface area contributed by atoms with Gasteiger partial charge in [-0.2, -0.15) is 0 Å². The Hall–Kier alpha value is 0.700. The van der Waals surface area contributed by atoms with Gasteiger partial charge in [0.05, 0.1) is 0 Å². The Morgan fingerprint density at radius 3 is 2.56 bits per heavy atom. The molecular formula is C7H10Br2. The number of rotatable bonds is 0. The Balaban J connectivity index is 2.61. The van der Waals surface area contributed by atoms with Crippen molar-refractivity contribution in [1.82, 2.24) is 0 Å². The first-order chi connectivity index (χ1) is 4.20. The van der Waals surface area contributed by atoms with Gasteiger partial charge in [-0.15, -0.1) is 0 Å². The number of hydrogen-bond acceptors (Lipinski definition) is 0. The topological polar surface area (TPSA) is 0 Å². The zero-order chi connectivity index (χ0) is 6.85. The first-order valence-electron chi connectivity index (χ1n) is 3.16. The van der Waals surface area contributed by atoms with Crippen LogP contribution in [0.5, 0.6) is 0 Å². The molecule has 0 bridgehead atoms. The van der Waals surface area contributed by atoms with Crippen LogP contribution in [0.1, 0.15) is 19.8 Å². The van der Waals surface area contributed by atoms with Gasteiger partial charge in [0.25, 0.3) is 0 Å². The van der Waals surface area contributed by atoms with E-state index in [1.165, 1.54) is 18.4 Å². The zero-order valence-electron chi connectivity index (χ0n) is 5.40. The molecule has 9 heavy (non-hydrogen) atoms. The van der Waals surface area contributed by atoms with Gasteiger partial charge >= 0.3 is 0 Å². The van der Waals surface area contributed by atoms with E-state index in [0.29, 0.717) is 9.65 Å². The van der Waals surface area contributed by atoms with Gasteiger partial charge in [0.2, 0.25) is 0 Å². The number of hydrogen-bond donors (Lipinski definition) is 0. The van der Waals surface area contributed by atoms with Gasteiger partial charge in [-0.25, -0.2) is 0 Å². The van der Waals surface area contributed by atoms with E-state index >= 15 is 0 Å². The molecule has 0 fully saturated rings. The molecule has 0 aromatic rings. The third kappa shape index (κ3) is 2.08. The standard InChI is InChI=1S/C7H10Br2/c1-5-4-6(8)2-3-7(5)9/h4,6-7H,2-3H2,1H3. The summed E-state index contributed by atoms with van der Waals surface area (Å²) >= 11 is 7.15. The van der Waals surface area contributed by atoms with Crippen LogP contribution in [0.4, 0.5) is 0 Å². The molecule has 0 saturated heterocycles. The average Bonchev–Trinajstić information content (AvgIpc) is 1.80. The average molecular weight is 254 g/mol. The van der Waals surface area contributed by atoms with E-state index < -0.39 is 0 Å². The minimum Gasteiger partial charge on any atom is -0.0845 e. The summed E-state index contributed by atoms with van der Waals surface area (Å²) in [5.74, 6) is 0. The fraction of sp³-hybridized carbons (Fsp3) is 0.714. The third-order valence-corrected chi connectivity index (χ3v) is 3.54. The van der Waals surface area contributed by atoms with E-state index in [0.717, 1.165) is 0 Å². The fourth-order valence-corrected chi connectivity index (χ4v) is 2.10. The van der Waals surface area contributed by atoms with Crippen LogP contribution >= 0.6 is 31.9 Å². The molecule has 2 atom stereocenters.